The fourth-order valence-corrected chi connectivity index (χ4v) is 3.97. The van der Waals surface area contributed by atoms with E-state index in [4.69, 9.17) is 22.2 Å². The predicted molar refractivity (Wildman–Crippen MR) is 48.5 cm³/mol. The monoisotopic (exact) mass is 292 g/mol. The highest BCUT2D eigenvalue weighted by Gasteiger charge is 2.74. The lowest BCUT2D eigenvalue weighted by Crippen LogP contribution is -2.64. The third-order valence-electron chi connectivity index (χ3n) is 1.84. The van der Waals surface area contributed by atoms with Crippen molar-refractivity contribution in [2.24, 2.45) is 0 Å². The molecule has 0 saturated heterocycles. The zero-order chi connectivity index (χ0) is 12.7. The van der Waals surface area contributed by atoms with Crippen molar-refractivity contribution in [1.82, 2.24) is 0 Å². The highest BCUT2D eigenvalue weighted by molar-refractivity contribution is 7.47. The van der Waals surface area contributed by atoms with Gasteiger partial charge >= 0.3 is 6.69 Å². The molecule has 15 heavy (non-hydrogen) atoms. The van der Waals surface area contributed by atoms with Crippen molar-refractivity contribution in [2.45, 2.75) is 37.3 Å². The van der Waals surface area contributed by atoms with E-state index in [1.807, 2.05) is 0 Å². The summed E-state index contributed by atoms with van der Waals surface area (Å²) in [7, 11) is 0. The molecule has 0 aliphatic carbocycles. The SMILES string of the molecule is CC(F)C(F)(F)[Si](Cl)(Cl)C(F)(F)C(C)F. The van der Waals surface area contributed by atoms with Crippen LogP contribution in [0.2, 0.25) is 0 Å². The van der Waals surface area contributed by atoms with Gasteiger partial charge in [0.2, 0.25) is 0 Å². The molecule has 92 valence electrons. The Hall–Kier alpha value is 0.377. The summed E-state index contributed by atoms with van der Waals surface area (Å²) < 4.78 is 76.7. The fourth-order valence-electron chi connectivity index (χ4n) is 0.722. The smallest absolute Gasteiger partial charge is 0.241 e. The Labute approximate surface area is 93.0 Å². The van der Waals surface area contributed by atoms with Crippen molar-refractivity contribution >= 4 is 28.9 Å². The Morgan fingerprint density at radius 3 is 1.20 bits per heavy atom. The van der Waals surface area contributed by atoms with Crippen LogP contribution in [0, 0.1) is 0 Å². The molecule has 0 aliphatic rings. The Morgan fingerprint density at radius 2 is 1.07 bits per heavy atom. The summed E-state index contributed by atoms with van der Waals surface area (Å²) >= 11 is 9.67. The lowest BCUT2D eigenvalue weighted by molar-refractivity contribution is -0.0392. The van der Waals surface area contributed by atoms with E-state index in [2.05, 4.69) is 0 Å². The molecular formula is C6H8Cl2F6Si. The molecule has 0 aliphatic heterocycles. The third kappa shape index (κ3) is 2.39. The van der Waals surface area contributed by atoms with E-state index >= 15 is 0 Å². The zero-order valence-corrected chi connectivity index (χ0v) is 10.2. The average molecular weight is 293 g/mol. The van der Waals surface area contributed by atoms with Crippen LogP contribution in [0.1, 0.15) is 13.8 Å². The van der Waals surface area contributed by atoms with Gasteiger partial charge in [0.05, 0.1) is 0 Å². The first-order valence-electron chi connectivity index (χ1n) is 3.80. The average Bonchev–Trinajstić information content (AvgIpc) is 2.02. The highest BCUT2D eigenvalue weighted by atomic mass is 35.7. The van der Waals surface area contributed by atoms with Gasteiger partial charge in [-0.2, -0.15) is 0 Å². The molecule has 0 fully saturated rings. The highest BCUT2D eigenvalue weighted by Crippen LogP contribution is 2.49. The van der Waals surface area contributed by atoms with Crippen LogP contribution in [-0.4, -0.2) is 30.1 Å². The molecule has 2 atom stereocenters. The normalized spacial score (nSPS) is 18.8. The summed E-state index contributed by atoms with van der Waals surface area (Å²) in [6.45, 7) is -5.08. The van der Waals surface area contributed by atoms with E-state index in [1.54, 1.807) is 0 Å². The summed E-state index contributed by atoms with van der Waals surface area (Å²) in [6.07, 6.45) is -5.94. The van der Waals surface area contributed by atoms with Crippen molar-refractivity contribution in [2.75, 3.05) is 0 Å². The molecule has 0 aromatic heterocycles. The van der Waals surface area contributed by atoms with E-state index in [0.29, 0.717) is 13.8 Å². The topological polar surface area (TPSA) is 0 Å². The second-order valence-electron chi connectivity index (χ2n) is 3.05. The summed E-state index contributed by atoms with van der Waals surface area (Å²) in [6, 6.07) is 0. The molecule has 9 heteroatoms. The Balaban J connectivity index is 5.30. The van der Waals surface area contributed by atoms with Gasteiger partial charge in [-0.05, 0) is 13.8 Å². The van der Waals surface area contributed by atoms with Gasteiger partial charge in [-0.15, -0.1) is 22.2 Å². The summed E-state index contributed by atoms with van der Waals surface area (Å²) in [5, 5.41) is 0. The van der Waals surface area contributed by atoms with E-state index in [9.17, 15) is 26.3 Å². The minimum absolute atomic E-state index is 0.339. The van der Waals surface area contributed by atoms with Gasteiger partial charge in [-0.25, -0.2) is 26.3 Å². The molecule has 0 spiro atoms. The Bertz CT molecular complexity index is 208. The lowest BCUT2D eigenvalue weighted by atomic mass is 10.4. The van der Waals surface area contributed by atoms with Crippen molar-refractivity contribution in [3.05, 3.63) is 0 Å². The van der Waals surface area contributed by atoms with Gasteiger partial charge < -0.3 is 0 Å². The third-order valence-corrected chi connectivity index (χ3v) is 7.33. The van der Waals surface area contributed by atoms with Crippen molar-refractivity contribution in [3.8, 4) is 0 Å². The van der Waals surface area contributed by atoms with E-state index in [1.165, 1.54) is 0 Å². The Morgan fingerprint density at radius 1 is 0.867 bits per heavy atom. The van der Waals surface area contributed by atoms with Crippen LogP contribution >= 0.6 is 22.2 Å². The first-order chi connectivity index (χ1) is 6.39. The molecule has 0 radical (unpaired) electrons. The molecule has 0 aromatic rings. The molecular weight excluding hydrogens is 285 g/mol. The van der Waals surface area contributed by atoms with E-state index in [0.717, 1.165) is 0 Å². The minimum atomic E-state index is -5.76. The number of alkyl halides is 6. The van der Waals surface area contributed by atoms with Crippen LogP contribution in [0.25, 0.3) is 0 Å². The quantitative estimate of drug-likeness (QED) is 0.418. The van der Waals surface area contributed by atoms with E-state index < -0.39 is 30.1 Å². The van der Waals surface area contributed by atoms with Gasteiger partial charge in [0.15, 0.2) is 12.3 Å². The van der Waals surface area contributed by atoms with Crippen LogP contribution in [0.5, 0.6) is 0 Å². The fraction of sp³-hybridized carbons (Fsp3) is 1.00. The molecule has 0 rings (SSSR count). The first-order valence-corrected chi connectivity index (χ1v) is 7.83. The maximum Gasteiger partial charge on any atom is 0.408 e. The largest absolute Gasteiger partial charge is 0.408 e. The predicted octanol–water partition coefficient (Wildman–Crippen LogP) is 3.97. The minimum Gasteiger partial charge on any atom is -0.241 e. The molecule has 0 nitrogen and oxygen atoms in total. The van der Waals surface area contributed by atoms with Crippen LogP contribution < -0.4 is 0 Å². The maximum atomic E-state index is 13.0. The molecule has 0 amide bonds. The molecule has 0 N–H and O–H groups in total. The standard InChI is InChI=1S/C6H8Cl2F6Si/c1-3(9)5(11,12)15(7,8)6(13,14)4(2)10/h3-4H,1-2H3. The molecule has 0 saturated carbocycles. The van der Waals surface area contributed by atoms with Gasteiger partial charge in [0.1, 0.15) is 0 Å². The number of halogens is 8. The van der Waals surface area contributed by atoms with Gasteiger partial charge in [0.25, 0.3) is 11.1 Å². The summed E-state index contributed by atoms with van der Waals surface area (Å²) in [5.74, 6) is 0. The van der Waals surface area contributed by atoms with Crippen LogP contribution in [-0.2, 0) is 0 Å². The number of rotatable bonds is 4. The van der Waals surface area contributed by atoms with Crippen molar-refractivity contribution in [3.63, 3.8) is 0 Å². The van der Waals surface area contributed by atoms with Gasteiger partial charge in [-0.1, -0.05) is 0 Å². The van der Waals surface area contributed by atoms with Crippen LogP contribution in [0.15, 0.2) is 0 Å². The first kappa shape index (κ1) is 15.4. The maximum absolute atomic E-state index is 13.0. The van der Waals surface area contributed by atoms with Gasteiger partial charge in [0, 0.05) is 0 Å². The van der Waals surface area contributed by atoms with Crippen molar-refractivity contribution < 1.29 is 26.3 Å². The lowest BCUT2D eigenvalue weighted by Gasteiger charge is -2.34. The van der Waals surface area contributed by atoms with E-state index in [-0.39, 0.29) is 0 Å². The molecule has 2 unspecified atom stereocenters. The summed E-state index contributed by atoms with van der Waals surface area (Å²) in [5.41, 5.74) is -9.25. The second kappa shape index (κ2) is 4.33. The zero-order valence-electron chi connectivity index (χ0n) is 7.68. The molecule has 0 heterocycles. The Kier molecular flexibility index (Phi) is 4.44. The molecule has 0 bridgehead atoms. The van der Waals surface area contributed by atoms with Crippen molar-refractivity contribution in [1.29, 1.82) is 0 Å². The second-order valence-corrected chi connectivity index (χ2v) is 9.52. The molecule has 0 aromatic carbocycles. The van der Waals surface area contributed by atoms with Crippen LogP contribution in [0.3, 0.4) is 0 Å². The van der Waals surface area contributed by atoms with Crippen LogP contribution in [0.4, 0.5) is 26.3 Å². The number of hydrogen-bond donors (Lipinski definition) is 0. The van der Waals surface area contributed by atoms with Gasteiger partial charge in [-0.3, -0.25) is 0 Å². The summed E-state index contributed by atoms with van der Waals surface area (Å²) in [4.78, 5) is 0. The number of hydrogen-bond acceptors (Lipinski definition) is 0.